The van der Waals surface area contributed by atoms with Crippen LogP contribution in [0.5, 0.6) is 0 Å². The molecule has 4 heteroatoms. The van der Waals surface area contributed by atoms with Crippen molar-refractivity contribution in [3.63, 3.8) is 0 Å². The van der Waals surface area contributed by atoms with Gasteiger partial charge in [0, 0.05) is 19.0 Å². The molecule has 1 aliphatic carbocycles. The fraction of sp³-hybridized carbons (Fsp3) is 0.750. The Hall–Kier alpha value is -0.900. The van der Waals surface area contributed by atoms with Crippen LogP contribution < -0.4 is 4.90 Å². The van der Waals surface area contributed by atoms with Crippen LogP contribution in [-0.4, -0.2) is 23.4 Å². The van der Waals surface area contributed by atoms with E-state index in [4.69, 9.17) is 4.98 Å². The van der Waals surface area contributed by atoms with E-state index < -0.39 is 0 Å². The predicted molar refractivity (Wildman–Crippen MR) is 83.8 cm³/mol. The number of Topliss-reactive ketones (excluding diaryl/α,β-unsaturated/α-hetero) is 1. The highest BCUT2D eigenvalue weighted by Gasteiger charge is 2.36. The predicted octanol–water partition coefficient (Wildman–Crippen LogP) is 3.92. The van der Waals surface area contributed by atoms with Gasteiger partial charge in [-0.15, -0.1) is 0 Å². The number of fused-ring (bicyclic) bond motifs is 1. The van der Waals surface area contributed by atoms with Crippen LogP contribution in [0.2, 0.25) is 0 Å². The summed E-state index contributed by atoms with van der Waals surface area (Å²) < 4.78 is 0. The lowest BCUT2D eigenvalue weighted by Gasteiger charge is -2.27. The lowest BCUT2D eigenvalue weighted by atomic mass is 9.78. The standard InChI is InChI=1S/C16H24N2OS/c1-10(2)12-6-5-7-18(12)15-17-11-8-16(3,4)9-13(19)14(11)20-15/h10,12H,5-9H2,1-4H3. The summed E-state index contributed by atoms with van der Waals surface area (Å²) in [5.41, 5.74) is 1.11. The lowest BCUT2D eigenvalue weighted by Crippen LogP contribution is -2.33. The Balaban J connectivity index is 1.92. The highest BCUT2D eigenvalue weighted by Crippen LogP contribution is 2.41. The number of carbonyl (C=O) groups is 1. The van der Waals surface area contributed by atoms with Crippen molar-refractivity contribution >= 4 is 22.3 Å². The summed E-state index contributed by atoms with van der Waals surface area (Å²) in [6, 6.07) is 0.589. The van der Waals surface area contributed by atoms with Crippen molar-refractivity contribution in [1.29, 1.82) is 0 Å². The molecule has 3 rings (SSSR count). The van der Waals surface area contributed by atoms with Gasteiger partial charge in [0.2, 0.25) is 0 Å². The van der Waals surface area contributed by atoms with Gasteiger partial charge >= 0.3 is 0 Å². The molecule has 1 saturated heterocycles. The Labute approximate surface area is 125 Å². The summed E-state index contributed by atoms with van der Waals surface area (Å²) >= 11 is 1.63. The summed E-state index contributed by atoms with van der Waals surface area (Å²) in [6.45, 7) is 9.99. The lowest BCUT2D eigenvalue weighted by molar-refractivity contribution is 0.0916. The third-order valence-electron chi connectivity index (χ3n) is 4.54. The molecule has 1 aromatic heterocycles. The maximum absolute atomic E-state index is 12.3. The number of carbonyl (C=O) groups excluding carboxylic acids is 1. The number of thiazole rings is 1. The quantitative estimate of drug-likeness (QED) is 0.828. The molecule has 1 aromatic rings. The van der Waals surface area contributed by atoms with E-state index in [2.05, 4.69) is 32.6 Å². The molecule has 1 fully saturated rings. The molecule has 2 heterocycles. The van der Waals surface area contributed by atoms with E-state index in [1.165, 1.54) is 12.8 Å². The first-order chi connectivity index (χ1) is 9.37. The summed E-state index contributed by atoms with van der Waals surface area (Å²) in [6.07, 6.45) is 4.09. The van der Waals surface area contributed by atoms with Crippen LogP contribution in [-0.2, 0) is 6.42 Å². The maximum atomic E-state index is 12.3. The zero-order valence-corrected chi connectivity index (χ0v) is 13.7. The molecule has 0 amide bonds. The first-order valence-electron chi connectivity index (χ1n) is 7.67. The van der Waals surface area contributed by atoms with Crippen LogP contribution in [0.15, 0.2) is 0 Å². The maximum Gasteiger partial charge on any atom is 0.186 e. The van der Waals surface area contributed by atoms with E-state index in [1.54, 1.807) is 11.3 Å². The normalized spacial score (nSPS) is 25.4. The minimum Gasteiger partial charge on any atom is -0.345 e. The van der Waals surface area contributed by atoms with Crippen LogP contribution in [0.4, 0.5) is 5.13 Å². The average Bonchev–Trinajstić information content (AvgIpc) is 2.91. The van der Waals surface area contributed by atoms with Gasteiger partial charge < -0.3 is 4.90 Å². The van der Waals surface area contributed by atoms with Crippen LogP contribution in [0.25, 0.3) is 0 Å². The van der Waals surface area contributed by atoms with Gasteiger partial charge in [-0.1, -0.05) is 39.0 Å². The number of hydrogen-bond acceptors (Lipinski definition) is 4. The SMILES string of the molecule is CC(C)C1CCCN1c1nc2c(s1)C(=O)CC(C)(C)C2. The Kier molecular flexibility index (Phi) is 3.39. The number of nitrogens with zero attached hydrogens (tertiary/aromatic N) is 2. The number of anilines is 1. The molecular weight excluding hydrogens is 268 g/mol. The molecule has 3 nitrogen and oxygen atoms in total. The second-order valence-electron chi connectivity index (χ2n) is 7.36. The van der Waals surface area contributed by atoms with Crippen LogP contribution in [0.1, 0.15) is 62.3 Å². The van der Waals surface area contributed by atoms with E-state index in [0.717, 1.165) is 28.7 Å². The highest BCUT2D eigenvalue weighted by atomic mass is 32.1. The van der Waals surface area contributed by atoms with Crippen molar-refractivity contribution in [2.75, 3.05) is 11.4 Å². The van der Waals surface area contributed by atoms with Crippen LogP contribution in [0, 0.1) is 11.3 Å². The molecular formula is C16H24N2OS. The largest absolute Gasteiger partial charge is 0.345 e. The molecule has 0 saturated carbocycles. The van der Waals surface area contributed by atoms with Crippen molar-refractivity contribution in [2.24, 2.45) is 11.3 Å². The molecule has 1 unspecified atom stereocenters. The zero-order chi connectivity index (χ0) is 14.5. The number of ketones is 1. The minimum atomic E-state index is 0.0673. The van der Waals surface area contributed by atoms with Gasteiger partial charge in [0.1, 0.15) is 0 Å². The van der Waals surface area contributed by atoms with Gasteiger partial charge in [-0.05, 0) is 30.6 Å². The molecule has 2 aliphatic rings. The summed E-state index contributed by atoms with van der Waals surface area (Å²) in [5, 5.41) is 1.08. The summed E-state index contributed by atoms with van der Waals surface area (Å²) in [4.78, 5) is 20.5. The minimum absolute atomic E-state index is 0.0673. The average molecular weight is 292 g/mol. The first kappa shape index (κ1) is 14.1. The van der Waals surface area contributed by atoms with E-state index in [1.807, 2.05) is 0 Å². The topological polar surface area (TPSA) is 33.2 Å². The smallest absolute Gasteiger partial charge is 0.186 e. The molecule has 1 atom stereocenters. The third-order valence-corrected chi connectivity index (χ3v) is 5.71. The monoisotopic (exact) mass is 292 g/mol. The van der Waals surface area contributed by atoms with E-state index in [9.17, 15) is 4.79 Å². The fourth-order valence-corrected chi connectivity index (χ4v) is 4.66. The first-order valence-corrected chi connectivity index (χ1v) is 8.48. The van der Waals surface area contributed by atoms with Crippen molar-refractivity contribution in [1.82, 2.24) is 4.98 Å². The fourth-order valence-electron chi connectivity index (χ4n) is 3.55. The Morgan fingerprint density at radius 1 is 1.35 bits per heavy atom. The van der Waals surface area contributed by atoms with Gasteiger partial charge in [0.25, 0.3) is 0 Å². The van der Waals surface area contributed by atoms with E-state index in [-0.39, 0.29) is 5.41 Å². The Bertz CT molecular complexity index is 533. The number of hydrogen-bond donors (Lipinski definition) is 0. The van der Waals surface area contributed by atoms with Gasteiger partial charge in [-0.2, -0.15) is 0 Å². The highest BCUT2D eigenvalue weighted by molar-refractivity contribution is 7.17. The van der Waals surface area contributed by atoms with E-state index >= 15 is 0 Å². The van der Waals surface area contributed by atoms with Gasteiger partial charge in [0.15, 0.2) is 10.9 Å². The van der Waals surface area contributed by atoms with Crippen molar-refractivity contribution in [3.05, 3.63) is 10.6 Å². The second-order valence-corrected chi connectivity index (χ2v) is 8.34. The van der Waals surface area contributed by atoms with Crippen molar-refractivity contribution in [2.45, 2.75) is 59.4 Å². The molecule has 0 N–H and O–H groups in total. The number of rotatable bonds is 2. The third kappa shape index (κ3) is 2.39. The van der Waals surface area contributed by atoms with Crippen LogP contribution >= 0.6 is 11.3 Å². The zero-order valence-electron chi connectivity index (χ0n) is 12.9. The molecule has 0 spiro atoms. The Morgan fingerprint density at radius 2 is 2.10 bits per heavy atom. The Morgan fingerprint density at radius 3 is 2.80 bits per heavy atom. The van der Waals surface area contributed by atoms with E-state index in [0.29, 0.717) is 24.2 Å². The molecule has 0 aromatic carbocycles. The van der Waals surface area contributed by atoms with Gasteiger partial charge in [-0.25, -0.2) is 4.98 Å². The van der Waals surface area contributed by atoms with Crippen molar-refractivity contribution < 1.29 is 4.79 Å². The molecule has 20 heavy (non-hydrogen) atoms. The molecule has 0 radical (unpaired) electrons. The molecule has 1 aliphatic heterocycles. The van der Waals surface area contributed by atoms with Gasteiger partial charge in [-0.3, -0.25) is 4.79 Å². The molecule has 110 valence electrons. The van der Waals surface area contributed by atoms with Gasteiger partial charge in [0.05, 0.1) is 10.6 Å². The van der Waals surface area contributed by atoms with Crippen LogP contribution in [0.3, 0.4) is 0 Å². The second kappa shape index (κ2) is 4.83. The molecule has 0 bridgehead atoms. The summed E-state index contributed by atoms with van der Waals surface area (Å²) in [5.74, 6) is 0.936. The van der Waals surface area contributed by atoms with Crippen molar-refractivity contribution in [3.8, 4) is 0 Å². The summed E-state index contributed by atoms with van der Waals surface area (Å²) in [7, 11) is 0. The number of aromatic nitrogens is 1.